The molecule has 3 amide bonds. The Morgan fingerprint density at radius 1 is 0.393 bits per heavy atom. The largest absolute Gasteiger partial charge is 0.376 e. The van der Waals surface area contributed by atoms with Crippen LogP contribution in [-0.4, -0.2) is 213 Å². The quantitative estimate of drug-likeness (QED) is 0.0182. The van der Waals surface area contributed by atoms with Gasteiger partial charge in [-0.1, -0.05) is 102 Å². The molecule has 2 saturated heterocycles. The van der Waals surface area contributed by atoms with Gasteiger partial charge in [-0.25, -0.2) is 88.5 Å². The number of aromatic nitrogens is 20. The number of nitrogens with zero attached hydrogens (tertiary/aromatic N) is 22. The summed E-state index contributed by atoms with van der Waals surface area (Å²) in [6, 6.07) is 33.2. The Kier molecular flexibility index (Phi) is 39.3. The van der Waals surface area contributed by atoms with E-state index in [1.54, 1.807) is 82.3 Å². The van der Waals surface area contributed by atoms with Crippen LogP contribution in [-0.2, 0) is 12.8 Å². The predicted molar refractivity (Wildman–Crippen MR) is 605 cm³/mol. The van der Waals surface area contributed by atoms with Gasteiger partial charge >= 0.3 is 0 Å². The van der Waals surface area contributed by atoms with Gasteiger partial charge in [0.05, 0.1) is 70.5 Å². The van der Waals surface area contributed by atoms with Crippen LogP contribution in [0.1, 0.15) is 195 Å². The Bertz CT molecular complexity index is 7510. The molecule has 3 fully saturated rings. The predicted octanol–water partition coefficient (Wildman–Crippen LogP) is 18.3. The lowest BCUT2D eigenvalue weighted by Gasteiger charge is -2.33. The number of halogens is 2. The molecule has 19 rings (SSSR count). The highest BCUT2D eigenvalue weighted by Crippen LogP contribution is 2.36. The van der Waals surface area contributed by atoms with E-state index in [1.165, 1.54) is 51.4 Å². The van der Waals surface area contributed by atoms with Gasteiger partial charge in [-0.3, -0.25) is 39.1 Å². The topological polar surface area (TPSA) is 429 Å². The van der Waals surface area contributed by atoms with Gasteiger partial charge in [0.15, 0.2) is 11.6 Å². The second-order valence-corrected chi connectivity index (χ2v) is 36.8. The number of hydrogen-bond acceptors (Lipinski definition) is 31. The van der Waals surface area contributed by atoms with Crippen LogP contribution in [0.5, 0.6) is 0 Å². The Hall–Kier alpha value is -15.4. The number of piperidine rings is 2. The standard InChI is InChI=1S/C31H35FN8O.C31H36N8O.C25H25FN8O.C23H22N6O.4H2S/c1-19(2)40-10-8-21(9-11-40)12-27-35-15-22(16-36-27)26-13-28(39-18-38-26)34-14-20(3)23-6-5-7-24-29(31(41)33-4)25(32)17-37-30(23)24;1-20(2)39-12-9-22(10-13-39)14-28-35-17-23(18-36-28)27-15-29(38-19-37-27)34-16-21(3)24-6-5-7-25-26(31(40)32-4)8-11-33-30(24)25;1-14(17-5-6-19(26)22-18(24(35)27-2)7-8-28-23(17)22)10-29-21-9-20(32-13-33-21)15-11-30-25(31-12-15)34-16-3-4-16;1-14(18-5-4-6-20-19(15(2)30)7-8-24-23(18)20)10-27-22-9-21(28-13-29-22)17-11-25-16(3)26-12-17;;;;/h5-7,13,15-18,20-21H,1,8-12,14H2,2-4H3,(H,33,41)(H,34,38,39);5-8,11,15,17-19,21-22H,1,9-10,12-14,16H2,2-4H3,(H,32,40)(H,34,37,38);5-9,11-14,16H,3-4,10H2,1-2H3,(H,27,35)(H,29,32,33)(H,30,31,34);4-9,11-14H,10H2,1-3H3,(H,27,28,29);4*1H2/t20-;21-;2*14-;;;;/m1111..../s1/i;;;11D,12D;;;;. The van der Waals surface area contributed by atoms with Crippen LogP contribution in [0.25, 0.3) is 88.6 Å². The SMILES string of the molecule is C=C(C)N1CCC(Cc2ncc(-c3cc(NC[C@@H](C)c4cccc5c(C(=O)NC)c(F)cnc45)ncn3)cn2)CC1.C=C(C)N1CCC(Cc2ncc(-c3cc(NC[C@@H](C)c4cccc5c(C(=O)NC)ccnc45)ncn3)cn2)CC1.CNC(=O)c1ccnc2c([C@H](C)CNc3cc(-c4cnc(NC5CC5)nc4)ncn3)ccc(F)c12.S.S.S.S.[2H]c1nc(C)nc([2H])c1-c1cc(NC[C@@H](C)c2cccc3c(C(C)=O)ccnc23)ncn1. The normalized spacial score (nSPS) is 13.7. The summed E-state index contributed by atoms with van der Waals surface area (Å²) in [6.07, 6.45) is 31.3. The van der Waals surface area contributed by atoms with Gasteiger partial charge in [0, 0.05) is 269 Å². The van der Waals surface area contributed by atoms with E-state index in [1.807, 2.05) is 99.3 Å². The van der Waals surface area contributed by atoms with Crippen molar-refractivity contribution in [1.29, 1.82) is 0 Å². The molecule has 0 spiro atoms. The van der Waals surface area contributed by atoms with Crippen LogP contribution in [0.4, 0.5) is 38.0 Å². The van der Waals surface area contributed by atoms with Gasteiger partial charge in [-0.05, 0) is 125 Å². The number of carbonyl (C=O) groups is 4. The molecular weight excluding hydrogens is 1970 g/mol. The summed E-state index contributed by atoms with van der Waals surface area (Å²) < 4.78 is 45.3. The molecule has 40 heteroatoms. The lowest BCUT2D eigenvalue weighted by molar-refractivity contribution is 0.0953. The number of likely N-dealkylation sites (tertiary alicyclic amines) is 2. The summed E-state index contributed by atoms with van der Waals surface area (Å²) in [7, 11) is 4.64. The number of hydrogen-bond donors (Lipinski definition) is 8. The van der Waals surface area contributed by atoms with Gasteiger partial charge in [0.1, 0.15) is 71.9 Å². The van der Waals surface area contributed by atoms with E-state index in [0.29, 0.717) is 112 Å². The molecule has 1 saturated carbocycles. The molecule has 16 aromatic rings. The highest BCUT2D eigenvalue weighted by molar-refractivity contribution is 7.59. The molecule has 34 nitrogen and oxygen atoms in total. The Morgan fingerprint density at radius 3 is 1.15 bits per heavy atom. The van der Waals surface area contributed by atoms with Crippen molar-refractivity contribution < 1.29 is 30.7 Å². The number of benzene rings is 4. The number of aryl methyl sites for hydroxylation is 1. The van der Waals surface area contributed by atoms with Crippen molar-refractivity contribution in [2.75, 3.05) is 100 Å². The molecule has 3 aliphatic rings. The molecule has 778 valence electrons. The number of pyridine rings is 4. The Balaban J connectivity index is 0.000000178. The number of allylic oxidation sites excluding steroid dienone is 2. The molecule has 150 heavy (non-hydrogen) atoms. The molecule has 0 unspecified atom stereocenters. The van der Waals surface area contributed by atoms with Crippen molar-refractivity contribution in [3.63, 3.8) is 0 Å². The van der Waals surface area contributed by atoms with Gasteiger partial charge in [0.25, 0.3) is 17.7 Å². The molecule has 0 radical (unpaired) electrons. The van der Waals surface area contributed by atoms with Gasteiger partial charge in [-0.15, -0.1) is 0 Å². The van der Waals surface area contributed by atoms with Crippen LogP contribution in [0, 0.1) is 30.4 Å². The zero-order chi connectivity index (χ0) is 104. The van der Waals surface area contributed by atoms with Crippen LogP contribution in [0.3, 0.4) is 0 Å². The number of para-hydroxylation sites is 3. The van der Waals surface area contributed by atoms with Crippen molar-refractivity contribution in [2.24, 2.45) is 11.8 Å². The van der Waals surface area contributed by atoms with E-state index < -0.39 is 17.5 Å². The zero-order valence-corrected chi connectivity index (χ0v) is 89.5. The first-order valence-electron chi connectivity index (χ1n) is 49.8. The number of ketones is 1. The molecular formula is C110H126F2N30O4S4. The van der Waals surface area contributed by atoms with E-state index in [9.17, 15) is 28.0 Å². The number of fused-ring (bicyclic) bond motifs is 4. The summed E-state index contributed by atoms with van der Waals surface area (Å²) >= 11 is 0. The maximum Gasteiger partial charge on any atom is 0.254 e. The molecule has 2 aliphatic heterocycles. The van der Waals surface area contributed by atoms with Crippen LogP contribution in [0.15, 0.2) is 233 Å². The lowest BCUT2D eigenvalue weighted by Crippen LogP contribution is -2.32. The first-order valence-corrected chi connectivity index (χ1v) is 48.8. The minimum atomic E-state index is -0.644. The fourth-order valence-electron chi connectivity index (χ4n) is 17.8. The van der Waals surface area contributed by atoms with Crippen molar-refractivity contribution in [1.82, 2.24) is 125 Å². The summed E-state index contributed by atoms with van der Waals surface area (Å²) in [5.74, 6) is 4.62. The molecule has 4 atom stereocenters. The number of Topliss-reactive ketones (excluding diaryl/α,β-unsaturated/α-hetero) is 1. The fourth-order valence-corrected chi connectivity index (χ4v) is 17.8. The third kappa shape index (κ3) is 28.5. The zero-order valence-electron chi connectivity index (χ0n) is 87.5. The molecule has 1 aliphatic carbocycles. The number of carbonyl (C=O) groups excluding carboxylic acids is 4. The number of amides is 3. The highest BCUT2D eigenvalue weighted by Gasteiger charge is 2.28. The van der Waals surface area contributed by atoms with Crippen molar-refractivity contribution >= 4 is 150 Å². The summed E-state index contributed by atoms with van der Waals surface area (Å²) in [6.45, 7) is 30.2. The molecule has 12 aromatic heterocycles. The lowest BCUT2D eigenvalue weighted by atomic mass is 9.93. The summed E-state index contributed by atoms with van der Waals surface area (Å²) in [5.41, 5.74) is 15.8. The van der Waals surface area contributed by atoms with Crippen LogP contribution < -0.4 is 42.5 Å². The van der Waals surface area contributed by atoms with Gasteiger partial charge < -0.3 is 52.3 Å². The summed E-state index contributed by atoms with van der Waals surface area (Å²) in [4.78, 5) is 141. The minimum absolute atomic E-state index is 0. The van der Waals surface area contributed by atoms with E-state index in [0.717, 1.165) is 185 Å². The molecule has 4 aromatic carbocycles. The van der Waals surface area contributed by atoms with Crippen molar-refractivity contribution in [3.8, 4) is 45.0 Å². The average Bonchev–Trinajstić information content (AvgIpc) is 1.07. The van der Waals surface area contributed by atoms with Crippen LogP contribution in [0.2, 0.25) is 0 Å². The number of anilines is 5. The van der Waals surface area contributed by atoms with E-state index in [2.05, 4.69) is 199 Å². The molecule has 0 bridgehead atoms. The van der Waals surface area contributed by atoms with E-state index in [4.69, 9.17) is 2.74 Å². The first-order chi connectivity index (χ1) is 71.6. The third-order valence-electron chi connectivity index (χ3n) is 26.3. The number of rotatable bonds is 32. The smallest absolute Gasteiger partial charge is 0.254 e. The minimum Gasteiger partial charge on any atom is -0.376 e. The monoisotopic (exact) mass is 2100 g/mol. The van der Waals surface area contributed by atoms with Crippen LogP contribution >= 0.6 is 54.0 Å². The fraction of sp³-hybridized carbons (Fsp3) is 0.309. The maximum atomic E-state index is 14.7. The van der Waals surface area contributed by atoms with E-state index >= 15 is 0 Å². The van der Waals surface area contributed by atoms with Gasteiger partial charge in [0.2, 0.25) is 5.95 Å². The first kappa shape index (κ1) is 110. The van der Waals surface area contributed by atoms with Gasteiger partial charge in [-0.2, -0.15) is 54.0 Å². The van der Waals surface area contributed by atoms with Crippen molar-refractivity contribution in [2.45, 2.75) is 136 Å². The summed E-state index contributed by atoms with van der Waals surface area (Å²) in [5, 5.41) is 26.9. The van der Waals surface area contributed by atoms with Crippen molar-refractivity contribution in [3.05, 3.63) is 307 Å². The highest BCUT2D eigenvalue weighted by atomic mass is 32.1. The third-order valence-corrected chi connectivity index (χ3v) is 26.3. The molecule has 14 heterocycles. The molecule has 8 N–H and O–H groups in total. The average molecular weight is 2100 g/mol. The Labute approximate surface area is 901 Å². The Morgan fingerprint density at radius 2 is 0.753 bits per heavy atom. The van der Waals surface area contributed by atoms with E-state index in [-0.39, 0.29) is 130 Å². The number of nitrogens with one attached hydrogen (secondary N) is 8. The second kappa shape index (κ2) is 53.5. The maximum absolute atomic E-state index is 14.7. The second-order valence-electron chi connectivity index (χ2n) is 36.8.